The minimum atomic E-state index is -0.882. The number of carboxylic acid groups (broad SMARTS) is 1. The second-order valence-corrected chi connectivity index (χ2v) is 8.31. The molecule has 2 N–H and O–H groups in total. The first-order chi connectivity index (χ1) is 14.2. The highest BCUT2D eigenvalue weighted by molar-refractivity contribution is 6.31. The average Bonchev–Trinajstić information content (AvgIpc) is 2.67. The predicted molar refractivity (Wildman–Crippen MR) is 117 cm³/mol. The number of anilines is 1. The van der Waals surface area contributed by atoms with Gasteiger partial charge in [-0.2, -0.15) is 0 Å². The summed E-state index contributed by atoms with van der Waals surface area (Å²) in [6, 6.07) is 5.39. The molecule has 8 heteroatoms. The number of benzene rings is 1. The van der Waals surface area contributed by atoms with Crippen molar-refractivity contribution in [2.45, 2.75) is 40.3 Å². The fourth-order valence-electron chi connectivity index (χ4n) is 3.69. The van der Waals surface area contributed by atoms with Crippen LogP contribution in [0.1, 0.15) is 39.7 Å². The standard InChI is InChI=1S/C22H27ClN4O3/c1-13-7-17(10-24-16(13)4)21(28)25-20-9-19(23)8-18(15(20)3)12-26-5-6-27(22(29)30)14(2)11-26/h7-10,14H,5-6,11-12H2,1-4H3,(H,25,28)(H,29,30)/t14-/m0/s1. The third kappa shape index (κ3) is 4.91. The fraction of sp³-hybridized carbons (Fsp3) is 0.409. The second-order valence-electron chi connectivity index (χ2n) is 7.88. The van der Waals surface area contributed by atoms with Gasteiger partial charge in [-0.1, -0.05) is 11.6 Å². The molecule has 1 aromatic carbocycles. The molecule has 1 saturated heterocycles. The normalized spacial score (nSPS) is 17.1. The van der Waals surface area contributed by atoms with Gasteiger partial charge in [-0.05, 0) is 62.6 Å². The molecule has 30 heavy (non-hydrogen) atoms. The zero-order valence-corrected chi connectivity index (χ0v) is 18.5. The van der Waals surface area contributed by atoms with E-state index in [0.717, 1.165) is 22.4 Å². The van der Waals surface area contributed by atoms with Crippen molar-refractivity contribution in [2.24, 2.45) is 0 Å². The van der Waals surface area contributed by atoms with E-state index in [2.05, 4.69) is 15.2 Å². The first-order valence-electron chi connectivity index (χ1n) is 9.91. The van der Waals surface area contributed by atoms with E-state index in [4.69, 9.17) is 11.6 Å². The maximum Gasteiger partial charge on any atom is 0.407 e. The lowest BCUT2D eigenvalue weighted by atomic mass is 10.0. The minimum absolute atomic E-state index is 0.0767. The number of hydrogen-bond acceptors (Lipinski definition) is 4. The van der Waals surface area contributed by atoms with E-state index < -0.39 is 6.09 Å². The van der Waals surface area contributed by atoms with Crippen LogP contribution in [0.3, 0.4) is 0 Å². The number of nitrogens with zero attached hydrogens (tertiary/aromatic N) is 3. The van der Waals surface area contributed by atoms with Gasteiger partial charge in [0.15, 0.2) is 0 Å². The summed E-state index contributed by atoms with van der Waals surface area (Å²) in [5.41, 5.74) is 4.96. The van der Waals surface area contributed by atoms with E-state index in [0.29, 0.717) is 42.5 Å². The summed E-state index contributed by atoms with van der Waals surface area (Å²) in [6.45, 7) is 10.1. The zero-order chi connectivity index (χ0) is 22.0. The summed E-state index contributed by atoms with van der Waals surface area (Å²) in [5, 5.41) is 12.8. The van der Waals surface area contributed by atoms with Crippen molar-refractivity contribution >= 4 is 29.3 Å². The van der Waals surface area contributed by atoms with Gasteiger partial charge < -0.3 is 15.3 Å². The van der Waals surface area contributed by atoms with Gasteiger partial charge in [0.1, 0.15) is 0 Å². The molecule has 0 radical (unpaired) electrons. The van der Waals surface area contributed by atoms with E-state index in [-0.39, 0.29) is 11.9 Å². The number of halogens is 1. The molecule has 0 saturated carbocycles. The van der Waals surface area contributed by atoms with Crippen molar-refractivity contribution in [1.82, 2.24) is 14.8 Å². The maximum atomic E-state index is 12.7. The molecule has 2 amide bonds. The Bertz CT molecular complexity index is 979. The van der Waals surface area contributed by atoms with Crippen molar-refractivity contribution in [2.75, 3.05) is 25.0 Å². The molecule has 1 atom stereocenters. The van der Waals surface area contributed by atoms with Crippen LogP contribution < -0.4 is 5.32 Å². The summed E-state index contributed by atoms with van der Waals surface area (Å²) in [4.78, 5) is 31.9. The van der Waals surface area contributed by atoms with Gasteiger partial charge in [0, 0.05) is 54.8 Å². The first-order valence-corrected chi connectivity index (χ1v) is 10.3. The molecule has 7 nitrogen and oxygen atoms in total. The van der Waals surface area contributed by atoms with Gasteiger partial charge in [-0.25, -0.2) is 4.79 Å². The molecule has 0 bridgehead atoms. The van der Waals surface area contributed by atoms with Crippen LogP contribution in [0, 0.1) is 20.8 Å². The molecule has 2 aromatic rings. The highest BCUT2D eigenvalue weighted by Gasteiger charge is 2.27. The van der Waals surface area contributed by atoms with Crippen LogP contribution in [0.25, 0.3) is 0 Å². The van der Waals surface area contributed by atoms with E-state index in [1.807, 2.05) is 39.8 Å². The lowest BCUT2D eigenvalue weighted by molar-refractivity contribution is 0.0710. The van der Waals surface area contributed by atoms with Crippen LogP contribution in [0.4, 0.5) is 10.5 Å². The number of carbonyl (C=O) groups excluding carboxylic acids is 1. The van der Waals surface area contributed by atoms with Crippen molar-refractivity contribution in [3.63, 3.8) is 0 Å². The lowest BCUT2D eigenvalue weighted by Gasteiger charge is -2.38. The van der Waals surface area contributed by atoms with Crippen molar-refractivity contribution in [3.05, 3.63) is 57.4 Å². The average molecular weight is 431 g/mol. The Morgan fingerprint density at radius 2 is 1.97 bits per heavy atom. The monoisotopic (exact) mass is 430 g/mol. The number of hydrogen-bond donors (Lipinski definition) is 2. The molecular weight excluding hydrogens is 404 g/mol. The number of piperazine rings is 1. The quantitative estimate of drug-likeness (QED) is 0.762. The van der Waals surface area contributed by atoms with Gasteiger partial charge in [-0.15, -0.1) is 0 Å². The van der Waals surface area contributed by atoms with E-state index in [1.165, 1.54) is 4.90 Å². The number of carbonyl (C=O) groups is 2. The summed E-state index contributed by atoms with van der Waals surface area (Å²) < 4.78 is 0. The number of rotatable bonds is 4. The van der Waals surface area contributed by atoms with Crippen molar-refractivity contribution < 1.29 is 14.7 Å². The maximum absolute atomic E-state index is 12.7. The van der Waals surface area contributed by atoms with Crippen LogP contribution in [0.15, 0.2) is 24.4 Å². The van der Waals surface area contributed by atoms with E-state index in [1.54, 1.807) is 12.3 Å². The van der Waals surface area contributed by atoms with Crippen molar-refractivity contribution in [3.8, 4) is 0 Å². The first kappa shape index (κ1) is 22.1. The van der Waals surface area contributed by atoms with Crippen LogP contribution >= 0.6 is 11.6 Å². The van der Waals surface area contributed by atoms with Gasteiger partial charge in [0.2, 0.25) is 0 Å². The van der Waals surface area contributed by atoms with Gasteiger partial charge >= 0.3 is 6.09 Å². The third-order valence-corrected chi connectivity index (χ3v) is 5.90. The number of amides is 2. The fourth-order valence-corrected chi connectivity index (χ4v) is 3.93. The Labute approximate surface area is 181 Å². The highest BCUT2D eigenvalue weighted by atomic mass is 35.5. The highest BCUT2D eigenvalue weighted by Crippen LogP contribution is 2.27. The second kappa shape index (κ2) is 9.02. The van der Waals surface area contributed by atoms with Crippen LogP contribution in [-0.4, -0.2) is 57.6 Å². The Hall–Kier alpha value is -2.64. The third-order valence-electron chi connectivity index (χ3n) is 5.68. The Morgan fingerprint density at radius 3 is 2.60 bits per heavy atom. The minimum Gasteiger partial charge on any atom is -0.465 e. The Kier molecular flexibility index (Phi) is 6.63. The molecule has 2 heterocycles. The number of pyridine rings is 1. The smallest absolute Gasteiger partial charge is 0.407 e. The molecule has 0 aliphatic carbocycles. The topological polar surface area (TPSA) is 85.8 Å². The molecule has 0 spiro atoms. The molecular formula is C22H27ClN4O3. The molecule has 1 fully saturated rings. The van der Waals surface area contributed by atoms with Crippen molar-refractivity contribution in [1.29, 1.82) is 0 Å². The van der Waals surface area contributed by atoms with Crippen LogP contribution in [0.2, 0.25) is 5.02 Å². The van der Waals surface area contributed by atoms with Gasteiger partial charge in [0.05, 0.1) is 5.56 Å². The summed E-state index contributed by atoms with van der Waals surface area (Å²) in [5.74, 6) is -0.231. The Balaban J connectivity index is 1.76. The molecule has 1 aliphatic heterocycles. The largest absolute Gasteiger partial charge is 0.465 e. The van der Waals surface area contributed by atoms with Gasteiger partial charge in [0.25, 0.3) is 5.91 Å². The summed E-state index contributed by atoms with van der Waals surface area (Å²) in [7, 11) is 0. The summed E-state index contributed by atoms with van der Waals surface area (Å²) in [6.07, 6.45) is 0.689. The van der Waals surface area contributed by atoms with Crippen LogP contribution in [-0.2, 0) is 6.54 Å². The molecule has 1 aliphatic rings. The zero-order valence-electron chi connectivity index (χ0n) is 17.7. The van der Waals surface area contributed by atoms with E-state index >= 15 is 0 Å². The number of aromatic nitrogens is 1. The van der Waals surface area contributed by atoms with E-state index in [9.17, 15) is 14.7 Å². The Morgan fingerprint density at radius 1 is 1.23 bits per heavy atom. The predicted octanol–water partition coefficient (Wildman–Crippen LogP) is 4.10. The number of aryl methyl sites for hydroxylation is 2. The van der Waals surface area contributed by atoms with Gasteiger partial charge in [-0.3, -0.25) is 14.7 Å². The molecule has 160 valence electrons. The lowest BCUT2D eigenvalue weighted by Crippen LogP contribution is -2.53. The SMILES string of the molecule is Cc1cc(C(=O)Nc2cc(Cl)cc(CN3CCN(C(=O)O)[C@@H](C)C3)c2C)cnc1C. The summed E-state index contributed by atoms with van der Waals surface area (Å²) >= 11 is 6.34. The molecule has 1 aromatic heterocycles. The van der Waals surface area contributed by atoms with Crippen LogP contribution in [0.5, 0.6) is 0 Å². The number of nitrogens with one attached hydrogen (secondary N) is 1. The molecule has 3 rings (SSSR count). The molecule has 0 unspecified atom stereocenters.